The third-order valence-electron chi connectivity index (χ3n) is 7.99. The maximum absolute atomic E-state index is 12.2. The van der Waals surface area contributed by atoms with Crippen molar-refractivity contribution in [3.8, 4) is 11.8 Å². The molecule has 2 aromatic rings. The second kappa shape index (κ2) is 10.7. The number of benzene rings is 1. The van der Waals surface area contributed by atoms with Crippen molar-refractivity contribution in [3.63, 3.8) is 0 Å². The Bertz CT molecular complexity index is 1170. The van der Waals surface area contributed by atoms with Crippen LogP contribution in [0.15, 0.2) is 30.9 Å². The first-order valence-electron chi connectivity index (χ1n) is 13.2. The number of phenolic OH excluding ortho intramolecular Hbond substituents is 1. The summed E-state index contributed by atoms with van der Waals surface area (Å²) in [7, 11) is 2.14. The highest BCUT2D eigenvalue weighted by atomic mass is 16.5. The average molecular weight is 507 g/mol. The number of hydrogen-bond acceptors (Lipinski definition) is 8. The molecule has 37 heavy (non-hydrogen) atoms. The predicted octanol–water partition coefficient (Wildman–Crippen LogP) is 2.70. The number of hydrogen-bond donors (Lipinski definition) is 1. The van der Waals surface area contributed by atoms with Gasteiger partial charge in [0.1, 0.15) is 18.2 Å². The van der Waals surface area contributed by atoms with Gasteiger partial charge in [-0.25, -0.2) is 0 Å². The zero-order chi connectivity index (χ0) is 26.1. The number of ether oxygens (including phenoxy) is 1. The molecule has 2 fully saturated rings. The van der Waals surface area contributed by atoms with Crippen LogP contribution < -0.4 is 9.64 Å². The van der Waals surface area contributed by atoms with Gasteiger partial charge in [0.05, 0.1) is 5.69 Å². The van der Waals surface area contributed by atoms with Gasteiger partial charge >= 0.3 is 6.01 Å². The van der Waals surface area contributed by atoms with Crippen molar-refractivity contribution >= 4 is 11.7 Å². The van der Waals surface area contributed by atoms with E-state index in [1.54, 1.807) is 6.07 Å². The summed E-state index contributed by atoms with van der Waals surface area (Å²) in [5.74, 6) is 1.16. The molecule has 3 aliphatic heterocycles. The zero-order valence-electron chi connectivity index (χ0n) is 22.2. The number of nitrogens with zero attached hydrogens (tertiary/aromatic N) is 6. The number of carbonyl (C=O) groups is 1. The number of aromatic nitrogens is 2. The summed E-state index contributed by atoms with van der Waals surface area (Å²) in [6, 6.07) is 6.45. The van der Waals surface area contributed by atoms with Crippen LogP contribution in [-0.2, 0) is 24.4 Å². The predicted molar refractivity (Wildman–Crippen MR) is 143 cm³/mol. The Morgan fingerprint density at radius 3 is 2.81 bits per heavy atom. The third kappa shape index (κ3) is 5.43. The molecule has 9 nitrogen and oxygen atoms in total. The van der Waals surface area contributed by atoms with Gasteiger partial charge in [-0.05, 0) is 69.6 Å². The number of phenols is 1. The monoisotopic (exact) mass is 506 g/mol. The Morgan fingerprint density at radius 2 is 2.08 bits per heavy atom. The van der Waals surface area contributed by atoms with Gasteiger partial charge in [0.25, 0.3) is 0 Å². The Labute approximate surface area is 219 Å². The third-order valence-corrected chi connectivity index (χ3v) is 7.99. The van der Waals surface area contributed by atoms with Gasteiger partial charge in [-0.1, -0.05) is 12.6 Å². The van der Waals surface area contributed by atoms with Crippen molar-refractivity contribution in [1.82, 2.24) is 24.7 Å². The zero-order valence-corrected chi connectivity index (χ0v) is 22.2. The van der Waals surface area contributed by atoms with E-state index in [1.165, 1.54) is 12.5 Å². The van der Waals surface area contributed by atoms with Crippen LogP contribution in [0.25, 0.3) is 0 Å². The fourth-order valence-corrected chi connectivity index (χ4v) is 5.72. The molecule has 3 aliphatic rings. The first-order chi connectivity index (χ1) is 17.8. The molecular formula is C28H38N6O3. The van der Waals surface area contributed by atoms with E-state index in [4.69, 9.17) is 14.7 Å². The van der Waals surface area contributed by atoms with Crippen molar-refractivity contribution in [1.29, 1.82) is 0 Å². The van der Waals surface area contributed by atoms with Crippen LogP contribution in [-0.4, -0.2) is 87.6 Å². The van der Waals surface area contributed by atoms with Gasteiger partial charge in [0, 0.05) is 56.9 Å². The molecule has 1 aromatic heterocycles. The SMILES string of the molecule is C=CC(=O)N1CCN(c2nc(OC[C@@H]3CCCN3C)nc3c2CN(Cc2cc(O)ccc2C)C3)[C@@H](C)C1. The first-order valence-corrected chi connectivity index (χ1v) is 13.2. The van der Waals surface area contributed by atoms with E-state index >= 15 is 0 Å². The van der Waals surface area contributed by atoms with Crippen LogP contribution >= 0.6 is 0 Å². The number of likely N-dealkylation sites (tertiary alicyclic amines) is 1. The van der Waals surface area contributed by atoms with Crippen LogP contribution in [0, 0.1) is 6.92 Å². The van der Waals surface area contributed by atoms with E-state index in [0.29, 0.717) is 44.8 Å². The summed E-state index contributed by atoms with van der Waals surface area (Å²) < 4.78 is 6.20. The van der Waals surface area contributed by atoms with E-state index in [1.807, 2.05) is 17.0 Å². The van der Waals surface area contributed by atoms with E-state index in [-0.39, 0.29) is 17.7 Å². The van der Waals surface area contributed by atoms with E-state index in [9.17, 15) is 9.90 Å². The molecule has 0 unspecified atom stereocenters. The van der Waals surface area contributed by atoms with Crippen LogP contribution in [0.2, 0.25) is 0 Å². The standard InChI is InChI=1S/C28H38N6O3/c1-5-26(36)33-11-12-34(20(3)14-33)27-24-16-32(15-21-13-23(35)9-8-19(21)2)17-25(24)29-28(30-27)37-18-22-7-6-10-31(22)4/h5,8-9,13,20,22,35H,1,6-7,10-12,14-18H2,2-4H3/t20-,22-/m0/s1. The van der Waals surface area contributed by atoms with Crippen LogP contribution in [0.3, 0.4) is 0 Å². The number of aryl methyl sites for hydroxylation is 1. The lowest BCUT2D eigenvalue weighted by atomic mass is 10.1. The Hall–Kier alpha value is -3.17. The van der Waals surface area contributed by atoms with E-state index < -0.39 is 0 Å². The van der Waals surface area contributed by atoms with Crippen molar-refractivity contribution in [3.05, 3.63) is 53.2 Å². The number of anilines is 1. The van der Waals surface area contributed by atoms with Gasteiger partial charge < -0.3 is 24.5 Å². The Kier molecular flexibility index (Phi) is 7.35. The minimum Gasteiger partial charge on any atom is -0.508 e. The molecule has 1 aromatic carbocycles. The molecule has 1 amide bonds. The highest BCUT2D eigenvalue weighted by molar-refractivity contribution is 5.87. The number of likely N-dealkylation sites (N-methyl/N-ethyl adjacent to an activating group) is 1. The molecule has 0 aliphatic carbocycles. The molecule has 2 atom stereocenters. The summed E-state index contributed by atoms with van der Waals surface area (Å²) in [6.45, 7) is 13.6. The number of piperazine rings is 1. The van der Waals surface area contributed by atoms with Gasteiger partial charge in [0.2, 0.25) is 5.91 Å². The largest absolute Gasteiger partial charge is 0.508 e. The summed E-state index contributed by atoms with van der Waals surface area (Å²) in [6.07, 6.45) is 3.70. The van der Waals surface area contributed by atoms with E-state index in [2.05, 4.69) is 42.2 Å². The number of carbonyl (C=O) groups excluding carboxylic acids is 1. The lowest BCUT2D eigenvalue weighted by molar-refractivity contribution is -0.126. The molecule has 9 heteroatoms. The topological polar surface area (TPSA) is 85.3 Å². The normalized spacial score (nSPS) is 22.4. The summed E-state index contributed by atoms with van der Waals surface area (Å²) >= 11 is 0. The average Bonchev–Trinajstić information content (AvgIpc) is 3.49. The molecule has 0 bridgehead atoms. The molecule has 2 saturated heterocycles. The minimum absolute atomic E-state index is 0.0308. The van der Waals surface area contributed by atoms with E-state index in [0.717, 1.165) is 54.3 Å². The van der Waals surface area contributed by atoms with Gasteiger partial charge in [-0.2, -0.15) is 9.97 Å². The smallest absolute Gasteiger partial charge is 0.318 e. The van der Waals surface area contributed by atoms with Gasteiger partial charge in [0.15, 0.2) is 0 Å². The molecule has 0 spiro atoms. The van der Waals surface area contributed by atoms with Crippen molar-refractivity contribution in [2.75, 3.05) is 44.7 Å². The highest BCUT2D eigenvalue weighted by Gasteiger charge is 2.33. The number of rotatable bonds is 7. The quantitative estimate of drug-likeness (QED) is 0.574. The summed E-state index contributed by atoms with van der Waals surface area (Å²) in [5, 5.41) is 10.0. The summed E-state index contributed by atoms with van der Waals surface area (Å²) in [4.78, 5) is 30.8. The molecule has 198 valence electrons. The Morgan fingerprint density at radius 1 is 1.24 bits per heavy atom. The molecule has 0 saturated carbocycles. The molecule has 1 N–H and O–H groups in total. The lowest BCUT2D eigenvalue weighted by Crippen LogP contribution is -2.54. The molecule has 4 heterocycles. The molecule has 5 rings (SSSR count). The number of aromatic hydroxyl groups is 1. The van der Waals surface area contributed by atoms with Crippen molar-refractivity contribution in [2.45, 2.75) is 58.4 Å². The lowest BCUT2D eigenvalue weighted by Gasteiger charge is -2.40. The maximum Gasteiger partial charge on any atom is 0.318 e. The fourth-order valence-electron chi connectivity index (χ4n) is 5.72. The maximum atomic E-state index is 12.2. The van der Waals surface area contributed by atoms with Gasteiger partial charge in [-0.3, -0.25) is 9.69 Å². The minimum atomic E-state index is -0.0308. The van der Waals surface area contributed by atoms with Crippen LogP contribution in [0.5, 0.6) is 11.8 Å². The second-order valence-corrected chi connectivity index (χ2v) is 10.6. The highest BCUT2D eigenvalue weighted by Crippen LogP contribution is 2.34. The fraction of sp³-hybridized carbons (Fsp3) is 0.536. The number of fused-ring (bicyclic) bond motifs is 1. The summed E-state index contributed by atoms with van der Waals surface area (Å²) in [5.41, 5.74) is 4.38. The van der Waals surface area contributed by atoms with Crippen molar-refractivity contribution in [2.24, 2.45) is 0 Å². The first kappa shape index (κ1) is 25.5. The number of amides is 1. The van der Waals surface area contributed by atoms with Crippen LogP contribution in [0.1, 0.15) is 42.1 Å². The second-order valence-electron chi connectivity index (χ2n) is 10.6. The van der Waals surface area contributed by atoms with Crippen molar-refractivity contribution < 1.29 is 14.6 Å². The molecular weight excluding hydrogens is 468 g/mol. The molecule has 0 radical (unpaired) electrons. The van der Waals surface area contributed by atoms with Gasteiger partial charge in [-0.15, -0.1) is 0 Å². The van der Waals surface area contributed by atoms with Crippen LogP contribution in [0.4, 0.5) is 5.82 Å². The Balaban J connectivity index is 1.40.